The summed E-state index contributed by atoms with van der Waals surface area (Å²) in [5.41, 5.74) is 2.29. The van der Waals surface area contributed by atoms with Gasteiger partial charge in [-0.15, -0.1) is 24.0 Å². The average Bonchev–Trinajstić information content (AvgIpc) is 2.97. The first kappa shape index (κ1) is 18.3. The Labute approximate surface area is 151 Å². The molecular formula is C15H19ClIN3S. The number of hydrogen-bond donors (Lipinski definition) is 2. The van der Waals surface area contributed by atoms with Crippen molar-refractivity contribution >= 4 is 52.9 Å². The Bertz CT molecular complexity index is 558. The monoisotopic (exact) mass is 435 g/mol. The van der Waals surface area contributed by atoms with E-state index in [-0.39, 0.29) is 24.0 Å². The predicted molar refractivity (Wildman–Crippen MR) is 103 cm³/mol. The van der Waals surface area contributed by atoms with Crippen molar-refractivity contribution in [2.24, 2.45) is 4.99 Å². The van der Waals surface area contributed by atoms with Gasteiger partial charge in [-0.1, -0.05) is 29.8 Å². The number of nitrogens with zero attached hydrogens (tertiary/aromatic N) is 1. The summed E-state index contributed by atoms with van der Waals surface area (Å²) in [5, 5.41) is 11.5. The lowest BCUT2D eigenvalue weighted by Gasteiger charge is -2.12. The first-order chi connectivity index (χ1) is 9.79. The van der Waals surface area contributed by atoms with Gasteiger partial charge >= 0.3 is 0 Å². The van der Waals surface area contributed by atoms with Gasteiger partial charge in [-0.25, -0.2) is 4.99 Å². The third-order valence-electron chi connectivity index (χ3n) is 2.75. The fraction of sp³-hybridized carbons (Fsp3) is 0.267. The highest BCUT2D eigenvalue weighted by Gasteiger charge is 2.01. The minimum Gasteiger partial charge on any atom is -0.357 e. The molecule has 0 aliphatic carbocycles. The van der Waals surface area contributed by atoms with Crippen molar-refractivity contribution < 1.29 is 0 Å². The van der Waals surface area contributed by atoms with Gasteiger partial charge < -0.3 is 10.6 Å². The second kappa shape index (κ2) is 10.0. The molecule has 3 nitrogen and oxygen atoms in total. The third-order valence-corrected chi connectivity index (χ3v) is 3.85. The summed E-state index contributed by atoms with van der Waals surface area (Å²) < 4.78 is 0. The molecule has 6 heteroatoms. The lowest BCUT2D eigenvalue weighted by molar-refractivity contribution is 0.816. The van der Waals surface area contributed by atoms with Gasteiger partial charge in [0.2, 0.25) is 0 Å². The van der Waals surface area contributed by atoms with Crippen LogP contribution in [-0.2, 0) is 13.1 Å². The zero-order chi connectivity index (χ0) is 14.2. The number of rotatable bonds is 5. The minimum absolute atomic E-state index is 0. The van der Waals surface area contributed by atoms with E-state index in [0.717, 1.165) is 23.1 Å². The number of nitrogens with one attached hydrogen (secondary N) is 2. The second-order valence-electron chi connectivity index (χ2n) is 4.27. The smallest absolute Gasteiger partial charge is 0.191 e. The van der Waals surface area contributed by atoms with Gasteiger partial charge in [-0.2, -0.15) is 11.3 Å². The number of aliphatic imine (C=N–C) groups is 1. The molecule has 0 spiro atoms. The van der Waals surface area contributed by atoms with E-state index in [4.69, 9.17) is 11.6 Å². The fourth-order valence-corrected chi connectivity index (χ4v) is 2.58. The van der Waals surface area contributed by atoms with Gasteiger partial charge in [-0.3, -0.25) is 0 Å². The lowest BCUT2D eigenvalue weighted by atomic mass is 10.2. The molecule has 0 aliphatic heterocycles. The van der Waals surface area contributed by atoms with Gasteiger partial charge in [0, 0.05) is 18.1 Å². The van der Waals surface area contributed by atoms with Crippen LogP contribution >= 0.6 is 46.9 Å². The molecule has 1 aromatic heterocycles. The summed E-state index contributed by atoms with van der Waals surface area (Å²) in [6.45, 7) is 4.23. The van der Waals surface area contributed by atoms with Crippen molar-refractivity contribution in [1.29, 1.82) is 0 Å². The zero-order valence-electron chi connectivity index (χ0n) is 11.8. The van der Waals surface area contributed by atoms with Gasteiger partial charge in [0.1, 0.15) is 0 Å². The molecule has 0 radical (unpaired) electrons. The van der Waals surface area contributed by atoms with E-state index in [0.29, 0.717) is 13.1 Å². The van der Waals surface area contributed by atoms with Crippen molar-refractivity contribution in [3.05, 3.63) is 57.2 Å². The normalized spacial score (nSPS) is 10.9. The number of benzene rings is 1. The highest BCUT2D eigenvalue weighted by atomic mass is 127. The molecular weight excluding hydrogens is 417 g/mol. The van der Waals surface area contributed by atoms with E-state index in [1.165, 1.54) is 5.56 Å². The number of hydrogen-bond acceptors (Lipinski definition) is 2. The van der Waals surface area contributed by atoms with Crippen molar-refractivity contribution in [3.8, 4) is 0 Å². The Morgan fingerprint density at radius 1 is 1.24 bits per heavy atom. The Morgan fingerprint density at radius 2 is 2.05 bits per heavy atom. The molecule has 1 heterocycles. The zero-order valence-corrected chi connectivity index (χ0v) is 15.7. The summed E-state index contributed by atoms with van der Waals surface area (Å²) >= 11 is 7.83. The van der Waals surface area contributed by atoms with Crippen LogP contribution in [0.1, 0.15) is 18.1 Å². The molecule has 114 valence electrons. The Morgan fingerprint density at radius 3 is 2.71 bits per heavy atom. The topological polar surface area (TPSA) is 36.4 Å². The van der Waals surface area contributed by atoms with Crippen LogP contribution in [0.25, 0.3) is 0 Å². The van der Waals surface area contributed by atoms with Crippen LogP contribution in [0.15, 0.2) is 46.1 Å². The molecule has 0 unspecified atom stereocenters. The Kier molecular flexibility index (Phi) is 8.72. The maximum absolute atomic E-state index is 6.14. The predicted octanol–water partition coefficient (Wildman–Crippen LogP) is 4.27. The second-order valence-corrected chi connectivity index (χ2v) is 5.46. The molecule has 0 bridgehead atoms. The third kappa shape index (κ3) is 6.23. The van der Waals surface area contributed by atoms with Crippen LogP contribution in [0, 0.1) is 0 Å². The molecule has 2 rings (SSSR count). The van der Waals surface area contributed by atoms with Crippen LogP contribution in [0.4, 0.5) is 0 Å². The maximum atomic E-state index is 6.14. The summed E-state index contributed by atoms with van der Waals surface area (Å²) in [4.78, 5) is 4.56. The molecule has 0 saturated carbocycles. The minimum atomic E-state index is 0. The van der Waals surface area contributed by atoms with Gasteiger partial charge in [0.25, 0.3) is 0 Å². The first-order valence-electron chi connectivity index (χ1n) is 6.56. The first-order valence-corrected chi connectivity index (χ1v) is 7.88. The molecule has 2 N–H and O–H groups in total. The van der Waals surface area contributed by atoms with E-state index in [1.807, 2.05) is 24.3 Å². The van der Waals surface area contributed by atoms with Crippen molar-refractivity contribution in [2.75, 3.05) is 6.54 Å². The maximum Gasteiger partial charge on any atom is 0.191 e. The summed E-state index contributed by atoms with van der Waals surface area (Å²) in [7, 11) is 0. The standard InChI is InChI=1S/C15H18ClN3S.HI/c1-2-17-15(18-9-12-7-8-20-11-12)19-10-13-5-3-4-6-14(13)16;/h3-8,11H,2,9-10H2,1H3,(H2,17,18,19);1H. The highest BCUT2D eigenvalue weighted by Crippen LogP contribution is 2.14. The molecule has 0 saturated heterocycles. The van der Waals surface area contributed by atoms with Crippen LogP contribution in [0.2, 0.25) is 5.02 Å². The highest BCUT2D eigenvalue weighted by molar-refractivity contribution is 14.0. The summed E-state index contributed by atoms with van der Waals surface area (Å²) in [6, 6.07) is 9.91. The van der Waals surface area contributed by atoms with E-state index in [1.54, 1.807) is 11.3 Å². The van der Waals surface area contributed by atoms with E-state index in [9.17, 15) is 0 Å². The summed E-state index contributed by atoms with van der Waals surface area (Å²) in [5.74, 6) is 0.804. The number of guanidine groups is 1. The van der Waals surface area contributed by atoms with Crippen molar-refractivity contribution in [3.63, 3.8) is 0 Å². The lowest BCUT2D eigenvalue weighted by Crippen LogP contribution is -2.36. The van der Waals surface area contributed by atoms with E-state index in [2.05, 4.69) is 39.4 Å². The SMILES string of the molecule is CCNC(=NCc1ccsc1)NCc1ccccc1Cl.I. The quantitative estimate of drug-likeness (QED) is 0.418. The van der Waals surface area contributed by atoms with Gasteiger partial charge in [-0.05, 0) is 40.9 Å². The largest absolute Gasteiger partial charge is 0.357 e. The molecule has 2 aromatic rings. The van der Waals surface area contributed by atoms with Crippen LogP contribution in [0.5, 0.6) is 0 Å². The molecule has 0 amide bonds. The fourth-order valence-electron chi connectivity index (χ4n) is 1.72. The average molecular weight is 436 g/mol. The Balaban J connectivity index is 0.00000220. The van der Waals surface area contributed by atoms with Crippen LogP contribution in [0.3, 0.4) is 0 Å². The van der Waals surface area contributed by atoms with Crippen LogP contribution < -0.4 is 10.6 Å². The van der Waals surface area contributed by atoms with Crippen LogP contribution in [-0.4, -0.2) is 12.5 Å². The molecule has 0 aliphatic rings. The number of thiophene rings is 1. The summed E-state index contributed by atoms with van der Waals surface area (Å²) in [6.07, 6.45) is 0. The van der Waals surface area contributed by atoms with Gasteiger partial charge in [0.05, 0.1) is 6.54 Å². The molecule has 0 atom stereocenters. The number of halogens is 2. The van der Waals surface area contributed by atoms with Gasteiger partial charge in [0.15, 0.2) is 5.96 Å². The van der Waals surface area contributed by atoms with Crippen molar-refractivity contribution in [1.82, 2.24) is 10.6 Å². The molecule has 0 fully saturated rings. The molecule has 21 heavy (non-hydrogen) atoms. The van der Waals surface area contributed by atoms with E-state index < -0.39 is 0 Å². The molecule has 1 aromatic carbocycles. The van der Waals surface area contributed by atoms with E-state index >= 15 is 0 Å². The van der Waals surface area contributed by atoms with Crippen molar-refractivity contribution in [2.45, 2.75) is 20.0 Å². The Hall–Kier alpha value is -0.790.